The largest absolute Gasteiger partial charge is 0.385 e. The average molecular weight is 483 g/mol. The second kappa shape index (κ2) is 12.4. The van der Waals surface area contributed by atoms with E-state index < -0.39 is 5.91 Å². The molecule has 0 radical (unpaired) electrons. The van der Waals surface area contributed by atoms with Crippen LogP contribution in [0.1, 0.15) is 40.0 Å². The molecule has 1 aliphatic heterocycles. The number of carbonyl (C=O) groups is 2. The van der Waals surface area contributed by atoms with Gasteiger partial charge in [0.25, 0.3) is 5.91 Å². The Balaban J connectivity index is 1.66. The number of ether oxygens (including phenoxy) is 1. The van der Waals surface area contributed by atoms with Gasteiger partial charge in [-0.15, -0.1) is 0 Å². The molecule has 2 amide bonds. The molecule has 1 aliphatic carbocycles. The maximum absolute atomic E-state index is 12.0. The fourth-order valence-electron chi connectivity index (χ4n) is 3.82. The summed E-state index contributed by atoms with van der Waals surface area (Å²) in [6, 6.07) is 8.59. The third-order valence-electron chi connectivity index (χ3n) is 6.32. The van der Waals surface area contributed by atoms with Gasteiger partial charge in [-0.3, -0.25) is 9.59 Å². The van der Waals surface area contributed by atoms with Gasteiger partial charge in [0.15, 0.2) is 0 Å². The van der Waals surface area contributed by atoms with E-state index in [4.69, 9.17) is 10.5 Å². The van der Waals surface area contributed by atoms with Crippen molar-refractivity contribution in [3.8, 4) is 0 Å². The smallest absolute Gasteiger partial charge is 0.252 e. The summed E-state index contributed by atoms with van der Waals surface area (Å²) in [6.45, 7) is 9.00. The molecule has 4 N–H and O–H groups in total. The number of nitrogens with zero attached hydrogens (tertiary/aromatic N) is 3. The Kier molecular flexibility index (Phi) is 9.31. The van der Waals surface area contributed by atoms with Crippen LogP contribution in [0.4, 0.5) is 11.4 Å². The van der Waals surface area contributed by atoms with Crippen LogP contribution in [0.5, 0.6) is 0 Å². The summed E-state index contributed by atoms with van der Waals surface area (Å²) in [5, 5.41) is 6.71. The van der Waals surface area contributed by atoms with Crippen molar-refractivity contribution in [2.75, 3.05) is 50.1 Å². The molecule has 0 aromatic heterocycles. The van der Waals surface area contributed by atoms with Gasteiger partial charge >= 0.3 is 0 Å². The molecule has 2 fully saturated rings. The van der Waals surface area contributed by atoms with Crippen LogP contribution < -0.4 is 21.3 Å². The molecule has 2 aliphatic rings. The number of nitrogens with two attached hydrogens (primary N) is 1. The molecule has 1 heterocycles. The van der Waals surface area contributed by atoms with E-state index in [0.717, 1.165) is 55.0 Å². The van der Waals surface area contributed by atoms with Crippen LogP contribution in [0.25, 0.3) is 0 Å². The lowest BCUT2D eigenvalue weighted by Gasteiger charge is -2.36. The Hall–Kier alpha value is -3.33. The highest BCUT2D eigenvalue weighted by atomic mass is 16.5. The van der Waals surface area contributed by atoms with Gasteiger partial charge in [0.05, 0.1) is 5.57 Å². The van der Waals surface area contributed by atoms with Crippen molar-refractivity contribution < 1.29 is 14.3 Å². The SMILES string of the molecule is CC/C(C)=C(/N=C\C(C(N)=O)=C(/C)NC1CC1)Nc1ccc(N2CCN(C(=O)COC)CC2)cc1. The average Bonchev–Trinajstić information content (AvgIpc) is 3.67. The van der Waals surface area contributed by atoms with Crippen molar-refractivity contribution in [3.63, 3.8) is 0 Å². The number of methoxy groups -OCH3 is 1. The summed E-state index contributed by atoms with van der Waals surface area (Å²) >= 11 is 0. The van der Waals surface area contributed by atoms with Gasteiger partial charge in [-0.1, -0.05) is 6.92 Å². The summed E-state index contributed by atoms with van der Waals surface area (Å²) < 4.78 is 4.96. The minimum absolute atomic E-state index is 0.0331. The number of allylic oxidation sites excluding steroid dienone is 2. The lowest BCUT2D eigenvalue weighted by Crippen LogP contribution is -2.49. The van der Waals surface area contributed by atoms with Gasteiger partial charge in [0.1, 0.15) is 12.4 Å². The second-order valence-electron chi connectivity index (χ2n) is 9.03. The fraction of sp³-hybridized carbons (Fsp3) is 0.500. The standard InChI is InChI=1S/C26H38N6O3/c1-5-18(2)26(28-16-23(25(27)34)19(3)29-20-6-7-20)30-21-8-10-22(11-9-21)31-12-14-32(15-13-31)24(33)17-35-4/h8-11,16,20,29-30H,5-7,12-15,17H2,1-4H3,(H2,27,34)/b23-19-,26-18-,28-16-. The van der Waals surface area contributed by atoms with Crippen molar-refractivity contribution >= 4 is 29.4 Å². The number of anilines is 2. The van der Waals surface area contributed by atoms with E-state index >= 15 is 0 Å². The number of nitrogens with one attached hydrogen (secondary N) is 2. The Morgan fingerprint density at radius 1 is 1.14 bits per heavy atom. The number of rotatable bonds is 11. The minimum Gasteiger partial charge on any atom is -0.385 e. The summed E-state index contributed by atoms with van der Waals surface area (Å²) in [5.74, 6) is 0.232. The molecule has 0 unspecified atom stereocenters. The Bertz CT molecular complexity index is 987. The summed E-state index contributed by atoms with van der Waals surface area (Å²) in [5.41, 5.74) is 9.83. The van der Waals surface area contributed by atoms with Crippen LogP contribution in [0, 0.1) is 0 Å². The van der Waals surface area contributed by atoms with E-state index in [-0.39, 0.29) is 12.5 Å². The first kappa shape index (κ1) is 26.3. The van der Waals surface area contributed by atoms with Gasteiger partial charge in [-0.05, 0) is 62.9 Å². The molecule has 35 heavy (non-hydrogen) atoms. The number of benzene rings is 1. The van der Waals surface area contributed by atoms with E-state index in [1.54, 1.807) is 13.3 Å². The highest BCUT2D eigenvalue weighted by Gasteiger charge is 2.23. The zero-order valence-corrected chi connectivity index (χ0v) is 21.3. The van der Waals surface area contributed by atoms with E-state index in [9.17, 15) is 9.59 Å². The Labute approximate surface area is 208 Å². The highest BCUT2D eigenvalue weighted by Crippen LogP contribution is 2.23. The summed E-state index contributed by atoms with van der Waals surface area (Å²) in [6.07, 6.45) is 4.59. The minimum atomic E-state index is -0.499. The molecule has 0 atom stereocenters. The van der Waals surface area contributed by atoms with E-state index in [0.29, 0.717) is 30.5 Å². The van der Waals surface area contributed by atoms with Gasteiger partial charge < -0.3 is 30.9 Å². The summed E-state index contributed by atoms with van der Waals surface area (Å²) in [4.78, 5) is 32.7. The molecule has 0 spiro atoms. The molecular weight excluding hydrogens is 444 g/mol. The summed E-state index contributed by atoms with van der Waals surface area (Å²) in [7, 11) is 1.54. The van der Waals surface area contributed by atoms with Gasteiger partial charge in [-0.25, -0.2) is 4.99 Å². The highest BCUT2D eigenvalue weighted by molar-refractivity contribution is 6.12. The predicted octanol–water partition coefficient (Wildman–Crippen LogP) is 2.62. The molecule has 190 valence electrons. The van der Waals surface area contributed by atoms with Gasteiger partial charge in [-0.2, -0.15) is 0 Å². The molecular formula is C26H38N6O3. The topological polar surface area (TPSA) is 112 Å². The molecule has 3 rings (SSSR count). The third kappa shape index (κ3) is 7.58. The van der Waals surface area contributed by atoms with Crippen LogP contribution >= 0.6 is 0 Å². The van der Waals surface area contributed by atoms with Gasteiger partial charge in [0.2, 0.25) is 5.91 Å². The third-order valence-corrected chi connectivity index (χ3v) is 6.32. The number of amides is 2. The molecule has 1 saturated carbocycles. The Morgan fingerprint density at radius 3 is 2.34 bits per heavy atom. The first-order chi connectivity index (χ1) is 16.8. The first-order valence-corrected chi connectivity index (χ1v) is 12.2. The Morgan fingerprint density at radius 2 is 1.80 bits per heavy atom. The monoisotopic (exact) mass is 482 g/mol. The predicted molar refractivity (Wildman–Crippen MR) is 140 cm³/mol. The molecule has 1 aromatic rings. The molecule has 1 aromatic carbocycles. The maximum Gasteiger partial charge on any atom is 0.252 e. The molecule has 0 bridgehead atoms. The van der Waals surface area contributed by atoms with Crippen molar-refractivity contribution in [2.45, 2.75) is 46.1 Å². The maximum atomic E-state index is 12.0. The number of primary amides is 1. The number of carbonyl (C=O) groups excluding carboxylic acids is 2. The molecule has 9 heteroatoms. The normalized spacial score (nSPS) is 17.7. The number of hydrogen-bond donors (Lipinski definition) is 3. The van der Waals surface area contributed by atoms with Gasteiger partial charge in [0, 0.05) is 62.6 Å². The van der Waals surface area contributed by atoms with E-state index in [1.165, 1.54) is 0 Å². The first-order valence-electron chi connectivity index (χ1n) is 12.2. The van der Waals surface area contributed by atoms with Crippen LogP contribution in [0.15, 0.2) is 51.9 Å². The second-order valence-corrected chi connectivity index (χ2v) is 9.03. The number of piperazine rings is 1. The van der Waals surface area contributed by atoms with E-state index in [1.807, 2.05) is 30.9 Å². The fourth-order valence-corrected chi connectivity index (χ4v) is 3.82. The molecule has 1 saturated heterocycles. The van der Waals surface area contributed by atoms with E-state index in [2.05, 4.69) is 39.6 Å². The van der Waals surface area contributed by atoms with Crippen LogP contribution in [-0.4, -0.2) is 68.9 Å². The van der Waals surface area contributed by atoms with Crippen LogP contribution in [-0.2, 0) is 14.3 Å². The van der Waals surface area contributed by atoms with Crippen LogP contribution in [0.2, 0.25) is 0 Å². The number of hydrogen-bond acceptors (Lipinski definition) is 7. The van der Waals surface area contributed by atoms with Crippen molar-refractivity contribution in [3.05, 3.63) is 46.9 Å². The quantitative estimate of drug-likeness (QED) is 0.330. The zero-order chi connectivity index (χ0) is 25.4. The lowest BCUT2D eigenvalue weighted by atomic mass is 10.2. The molecule has 9 nitrogen and oxygen atoms in total. The lowest BCUT2D eigenvalue weighted by molar-refractivity contribution is -0.135. The van der Waals surface area contributed by atoms with Crippen molar-refractivity contribution in [2.24, 2.45) is 10.7 Å². The zero-order valence-electron chi connectivity index (χ0n) is 21.3. The van der Waals surface area contributed by atoms with Crippen molar-refractivity contribution in [1.29, 1.82) is 0 Å². The number of aliphatic imine (C=N–C) groups is 1. The van der Waals surface area contributed by atoms with Crippen LogP contribution in [0.3, 0.4) is 0 Å². The van der Waals surface area contributed by atoms with Crippen molar-refractivity contribution in [1.82, 2.24) is 10.2 Å².